The van der Waals surface area contributed by atoms with Crippen LogP contribution in [-0.4, -0.2) is 90.1 Å². The monoisotopic (exact) mass is 648 g/mol. The summed E-state index contributed by atoms with van der Waals surface area (Å²) in [5.41, 5.74) is 2.50. The highest BCUT2D eigenvalue weighted by Crippen LogP contribution is 2.37. The van der Waals surface area contributed by atoms with Crippen LogP contribution in [-0.2, 0) is 5.41 Å². The number of hydrogen-bond donors (Lipinski definition) is 2. The second-order valence-electron chi connectivity index (χ2n) is 14.1. The largest absolute Gasteiger partial charge is 0.478 e. The Balaban J connectivity index is 1.39. The lowest BCUT2D eigenvalue weighted by Crippen LogP contribution is -2.46. The molecule has 4 rings (SSSR count). The molecule has 1 aliphatic rings. The van der Waals surface area contributed by atoms with Gasteiger partial charge in [0.1, 0.15) is 5.00 Å². The molecule has 0 atom stereocenters. The van der Waals surface area contributed by atoms with Crippen molar-refractivity contribution in [1.82, 2.24) is 19.7 Å². The highest BCUT2D eigenvalue weighted by molar-refractivity contribution is 7.16. The Morgan fingerprint density at radius 3 is 2.35 bits per heavy atom. The maximum Gasteiger partial charge on any atom is 0.324 e. The van der Waals surface area contributed by atoms with E-state index in [1.807, 2.05) is 68.1 Å². The van der Waals surface area contributed by atoms with Crippen LogP contribution in [0.3, 0.4) is 0 Å². The molecule has 9 nitrogen and oxygen atoms in total. The van der Waals surface area contributed by atoms with Crippen LogP contribution >= 0.6 is 11.3 Å². The highest BCUT2D eigenvalue weighted by atomic mass is 32.1. The molecule has 0 spiro atoms. The third-order valence-corrected chi connectivity index (χ3v) is 9.56. The molecule has 0 radical (unpaired) electrons. The van der Waals surface area contributed by atoms with Gasteiger partial charge in [0.05, 0.1) is 12.2 Å². The molecule has 3 amide bonds. The number of likely N-dealkylation sites (N-methyl/N-ethyl adjacent to an activating group) is 1. The molecule has 1 aliphatic heterocycles. The van der Waals surface area contributed by atoms with Crippen LogP contribution < -0.4 is 15.4 Å². The molecule has 0 unspecified atom stereocenters. The van der Waals surface area contributed by atoms with E-state index in [2.05, 4.69) is 60.2 Å². The van der Waals surface area contributed by atoms with Gasteiger partial charge in [-0.25, -0.2) is 9.78 Å². The van der Waals surface area contributed by atoms with E-state index in [9.17, 15) is 9.59 Å². The Hall–Kier alpha value is -3.47. The molecule has 1 aromatic carbocycles. The highest BCUT2D eigenvalue weighted by Gasteiger charge is 2.31. The van der Waals surface area contributed by atoms with Gasteiger partial charge in [-0.15, -0.1) is 11.3 Å². The minimum Gasteiger partial charge on any atom is -0.478 e. The second-order valence-corrected chi connectivity index (χ2v) is 15.2. The SMILES string of the molecule is CCCN(C(=O)c1cc(C(C)(C)C)sc1NC(=O)Nc1cccc(-c2ccc(OCCCN3CCN(C)CC3)nc2)c1)C(C)(C)C. The number of anilines is 2. The number of aromatic nitrogens is 1. The fourth-order valence-electron chi connectivity index (χ4n) is 5.34. The average molecular weight is 649 g/mol. The van der Waals surface area contributed by atoms with Gasteiger partial charge in [-0.05, 0) is 75.9 Å². The molecular formula is C36H52N6O3S. The Morgan fingerprint density at radius 2 is 1.72 bits per heavy atom. The molecule has 1 saturated heterocycles. The number of ether oxygens (including phenoxy) is 1. The number of benzene rings is 1. The first-order valence-corrected chi connectivity index (χ1v) is 17.2. The number of hydrogen-bond acceptors (Lipinski definition) is 7. The van der Waals surface area contributed by atoms with Gasteiger partial charge in [-0.3, -0.25) is 10.1 Å². The number of thiophene rings is 1. The van der Waals surface area contributed by atoms with Crippen LogP contribution in [0.2, 0.25) is 0 Å². The maximum atomic E-state index is 13.8. The van der Waals surface area contributed by atoms with Crippen molar-refractivity contribution in [2.24, 2.45) is 0 Å². The average Bonchev–Trinajstić information content (AvgIpc) is 3.43. The molecule has 10 heteroatoms. The van der Waals surface area contributed by atoms with Gasteiger partial charge in [-0.1, -0.05) is 39.8 Å². The number of pyridine rings is 1. The van der Waals surface area contributed by atoms with E-state index in [0.717, 1.165) is 61.6 Å². The minimum absolute atomic E-state index is 0.0756. The van der Waals surface area contributed by atoms with Gasteiger partial charge in [0.2, 0.25) is 5.88 Å². The molecule has 2 aromatic heterocycles. The third kappa shape index (κ3) is 9.77. The lowest BCUT2D eigenvalue weighted by Gasteiger charge is -2.35. The standard InChI is InChI=1S/C36H52N6O3S/c1-9-16-42(36(5,6)7)33(43)29-24-30(35(2,3)4)46-32(29)39-34(44)38-28-13-10-12-26(23-28)27-14-15-31(37-25-27)45-22-11-17-41-20-18-40(8)19-21-41/h10,12-15,23-25H,9,11,16-22H2,1-8H3,(H2,38,39,44). The van der Waals surface area contributed by atoms with Crippen molar-refractivity contribution in [3.8, 4) is 17.0 Å². The minimum atomic E-state index is -0.398. The molecule has 0 aliphatic carbocycles. The van der Waals surface area contributed by atoms with Crippen molar-refractivity contribution in [2.75, 3.05) is 63.6 Å². The van der Waals surface area contributed by atoms with Crippen LogP contribution in [0.15, 0.2) is 48.7 Å². The topological polar surface area (TPSA) is 90.0 Å². The van der Waals surface area contributed by atoms with Gasteiger partial charge < -0.3 is 24.8 Å². The fraction of sp³-hybridized carbons (Fsp3) is 0.528. The molecule has 1 fully saturated rings. The number of nitrogens with one attached hydrogen (secondary N) is 2. The summed E-state index contributed by atoms with van der Waals surface area (Å²) < 4.78 is 5.90. The van der Waals surface area contributed by atoms with Crippen LogP contribution in [0.4, 0.5) is 15.5 Å². The van der Waals surface area contributed by atoms with Gasteiger partial charge in [0, 0.05) is 73.2 Å². The van der Waals surface area contributed by atoms with E-state index in [0.29, 0.717) is 35.3 Å². The van der Waals surface area contributed by atoms with E-state index in [1.54, 1.807) is 6.20 Å². The Labute approximate surface area is 279 Å². The maximum absolute atomic E-state index is 13.8. The predicted molar refractivity (Wildman–Crippen MR) is 190 cm³/mol. The zero-order chi connectivity index (χ0) is 33.5. The number of urea groups is 1. The zero-order valence-corrected chi connectivity index (χ0v) is 29.7. The van der Waals surface area contributed by atoms with Crippen LogP contribution in [0.25, 0.3) is 11.1 Å². The van der Waals surface area contributed by atoms with Crippen LogP contribution in [0.5, 0.6) is 5.88 Å². The summed E-state index contributed by atoms with van der Waals surface area (Å²) in [6, 6.07) is 13.1. The predicted octanol–water partition coefficient (Wildman–Crippen LogP) is 7.42. The molecule has 0 bridgehead atoms. The Kier molecular flexibility index (Phi) is 11.9. The normalized spacial score (nSPS) is 14.6. The molecule has 3 heterocycles. The first-order chi connectivity index (χ1) is 21.7. The molecular weight excluding hydrogens is 597 g/mol. The summed E-state index contributed by atoms with van der Waals surface area (Å²) in [6.45, 7) is 21.3. The van der Waals surface area contributed by atoms with Crippen molar-refractivity contribution >= 4 is 34.0 Å². The molecule has 46 heavy (non-hydrogen) atoms. The summed E-state index contributed by atoms with van der Waals surface area (Å²) in [6.07, 6.45) is 3.61. The van der Waals surface area contributed by atoms with E-state index >= 15 is 0 Å². The van der Waals surface area contributed by atoms with E-state index < -0.39 is 6.03 Å². The first-order valence-electron chi connectivity index (χ1n) is 16.4. The summed E-state index contributed by atoms with van der Waals surface area (Å²) in [5, 5.41) is 6.49. The smallest absolute Gasteiger partial charge is 0.324 e. The number of carbonyl (C=O) groups excluding carboxylic acids is 2. The molecule has 250 valence electrons. The van der Waals surface area contributed by atoms with Crippen LogP contribution in [0, 0.1) is 0 Å². The van der Waals surface area contributed by atoms with E-state index in [4.69, 9.17) is 4.74 Å². The summed E-state index contributed by atoms with van der Waals surface area (Å²) >= 11 is 1.45. The van der Waals surface area contributed by atoms with Crippen molar-refractivity contribution in [2.45, 2.75) is 72.3 Å². The van der Waals surface area contributed by atoms with E-state index in [-0.39, 0.29) is 16.9 Å². The number of carbonyl (C=O) groups is 2. The van der Waals surface area contributed by atoms with Gasteiger partial charge >= 0.3 is 6.03 Å². The number of rotatable bonds is 11. The number of nitrogens with zero attached hydrogens (tertiary/aromatic N) is 4. The van der Waals surface area contributed by atoms with Crippen molar-refractivity contribution in [3.63, 3.8) is 0 Å². The summed E-state index contributed by atoms with van der Waals surface area (Å²) in [4.78, 5) is 39.3. The second kappa shape index (κ2) is 15.4. The molecule has 3 aromatic rings. The third-order valence-electron chi connectivity index (χ3n) is 8.09. The number of amides is 3. The van der Waals surface area contributed by atoms with Gasteiger partial charge in [-0.2, -0.15) is 0 Å². The van der Waals surface area contributed by atoms with Gasteiger partial charge in [0.15, 0.2) is 0 Å². The number of piperazine rings is 1. The van der Waals surface area contributed by atoms with Crippen molar-refractivity contribution < 1.29 is 14.3 Å². The van der Waals surface area contributed by atoms with Gasteiger partial charge in [0.25, 0.3) is 5.91 Å². The fourth-order valence-corrected chi connectivity index (χ4v) is 6.44. The Bertz CT molecular complexity index is 1450. The van der Waals surface area contributed by atoms with Crippen LogP contribution in [0.1, 0.15) is 76.5 Å². The Morgan fingerprint density at radius 1 is 0.978 bits per heavy atom. The lowest BCUT2D eigenvalue weighted by molar-refractivity contribution is 0.0584. The lowest BCUT2D eigenvalue weighted by atomic mass is 9.94. The quantitative estimate of drug-likeness (QED) is 0.211. The first kappa shape index (κ1) is 35.4. The van der Waals surface area contributed by atoms with E-state index in [1.165, 1.54) is 11.3 Å². The molecule has 2 N–H and O–H groups in total. The summed E-state index contributed by atoms with van der Waals surface area (Å²) in [7, 11) is 2.17. The molecule has 0 saturated carbocycles. The zero-order valence-electron chi connectivity index (χ0n) is 28.9. The summed E-state index contributed by atoms with van der Waals surface area (Å²) in [5.74, 6) is 0.532. The van der Waals surface area contributed by atoms with Crippen molar-refractivity contribution in [1.29, 1.82) is 0 Å². The van der Waals surface area contributed by atoms with Crippen molar-refractivity contribution in [3.05, 3.63) is 59.1 Å².